The number of hydrogen-bond acceptors (Lipinski definition) is 5. The topological polar surface area (TPSA) is 111 Å². The molecule has 2 aromatic carbocycles. The van der Waals surface area contributed by atoms with Crippen LogP contribution >= 0.6 is 0 Å². The number of fused-ring (bicyclic) bond motifs is 2. The number of carbonyl (C=O) groups excluding carboxylic acids is 2. The van der Waals surface area contributed by atoms with Crippen molar-refractivity contribution < 1.29 is 9.59 Å². The Bertz CT molecular complexity index is 1470. The Morgan fingerprint density at radius 3 is 2.23 bits per heavy atom. The van der Waals surface area contributed by atoms with E-state index >= 15 is 0 Å². The number of nitrogens with one attached hydrogen (secondary N) is 2. The minimum Gasteiger partial charge on any atom is -0.267 e. The minimum atomic E-state index is -0.606. The van der Waals surface area contributed by atoms with Crippen LogP contribution in [-0.4, -0.2) is 31.4 Å². The fourth-order valence-corrected chi connectivity index (χ4v) is 4.59. The molecular formula is C26H26N6O3. The van der Waals surface area contributed by atoms with Gasteiger partial charge in [0.25, 0.3) is 17.4 Å². The van der Waals surface area contributed by atoms with Crippen molar-refractivity contribution in [3.8, 4) is 5.69 Å². The SMILES string of the molecule is CCn1nc(C(=O)NNC(=O)c2nn(-c3ccccc3)c3c2CCCCC3)c2ccccc2c1=O. The number of hydrogen-bond donors (Lipinski definition) is 2. The molecule has 178 valence electrons. The van der Waals surface area contributed by atoms with E-state index in [9.17, 15) is 14.4 Å². The lowest BCUT2D eigenvalue weighted by molar-refractivity contribution is 0.0840. The van der Waals surface area contributed by atoms with Gasteiger partial charge in [0.15, 0.2) is 11.4 Å². The Labute approximate surface area is 201 Å². The summed E-state index contributed by atoms with van der Waals surface area (Å²) in [5.41, 5.74) is 7.93. The lowest BCUT2D eigenvalue weighted by Gasteiger charge is -2.11. The average molecular weight is 471 g/mol. The number of carbonyl (C=O) groups is 2. The van der Waals surface area contributed by atoms with Crippen molar-refractivity contribution in [2.24, 2.45) is 0 Å². The first kappa shape index (κ1) is 22.5. The normalized spacial score (nSPS) is 13.2. The highest BCUT2D eigenvalue weighted by Gasteiger charge is 2.25. The van der Waals surface area contributed by atoms with Gasteiger partial charge < -0.3 is 0 Å². The summed E-state index contributed by atoms with van der Waals surface area (Å²) in [5, 5.41) is 9.68. The Morgan fingerprint density at radius 1 is 0.829 bits per heavy atom. The zero-order valence-corrected chi connectivity index (χ0v) is 19.5. The van der Waals surface area contributed by atoms with E-state index in [1.807, 2.05) is 35.0 Å². The van der Waals surface area contributed by atoms with Crippen LogP contribution in [0.4, 0.5) is 0 Å². The van der Waals surface area contributed by atoms with Crippen LogP contribution in [0.15, 0.2) is 59.4 Å². The number of hydrazine groups is 1. The van der Waals surface area contributed by atoms with Gasteiger partial charge in [0.1, 0.15) is 0 Å². The van der Waals surface area contributed by atoms with E-state index < -0.39 is 11.8 Å². The fourth-order valence-electron chi connectivity index (χ4n) is 4.59. The van der Waals surface area contributed by atoms with Crippen LogP contribution in [-0.2, 0) is 19.4 Å². The molecule has 9 nitrogen and oxygen atoms in total. The monoisotopic (exact) mass is 470 g/mol. The molecule has 1 aliphatic rings. The summed E-state index contributed by atoms with van der Waals surface area (Å²) in [4.78, 5) is 38.7. The summed E-state index contributed by atoms with van der Waals surface area (Å²) in [7, 11) is 0. The van der Waals surface area contributed by atoms with E-state index in [2.05, 4.69) is 21.0 Å². The molecular weight excluding hydrogens is 444 g/mol. The summed E-state index contributed by atoms with van der Waals surface area (Å²) in [5.74, 6) is -1.09. The average Bonchev–Trinajstić information content (AvgIpc) is 3.08. The number of para-hydroxylation sites is 1. The zero-order valence-electron chi connectivity index (χ0n) is 19.5. The second-order valence-electron chi connectivity index (χ2n) is 8.51. The van der Waals surface area contributed by atoms with Crippen molar-refractivity contribution in [2.75, 3.05) is 0 Å². The highest BCUT2D eigenvalue weighted by molar-refractivity contribution is 6.06. The van der Waals surface area contributed by atoms with Crippen molar-refractivity contribution in [2.45, 2.75) is 45.6 Å². The summed E-state index contributed by atoms with van der Waals surface area (Å²) in [6.07, 6.45) is 4.70. The van der Waals surface area contributed by atoms with E-state index in [0.717, 1.165) is 49.0 Å². The minimum absolute atomic E-state index is 0.0657. The van der Waals surface area contributed by atoms with Crippen molar-refractivity contribution in [3.63, 3.8) is 0 Å². The highest BCUT2D eigenvalue weighted by Crippen LogP contribution is 2.26. The molecule has 2 N–H and O–H groups in total. The van der Waals surface area contributed by atoms with Gasteiger partial charge >= 0.3 is 0 Å². The van der Waals surface area contributed by atoms with Gasteiger partial charge in [-0.2, -0.15) is 10.2 Å². The molecule has 2 amide bonds. The molecule has 4 aromatic rings. The van der Waals surface area contributed by atoms with Gasteiger partial charge in [-0.3, -0.25) is 25.2 Å². The second-order valence-corrected chi connectivity index (χ2v) is 8.51. The van der Waals surface area contributed by atoms with Crippen molar-refractivity contribution in [1.29, 1.82) is 0 Å². The van der Waals surface area contributed by atoms with Gasteiger partial charge in [-0.05, 0) is 50.8 Å². The first-order chi connectivity index (χ1) is 17.1. The maximum Gasteiger partial charge on any atom is 0.290 e. The van der Waals surface area contributed by atoms with E-state index in [1.165, 1.54) is 4.68 Å². The molecule has 2 heterocycles. The third kappa shape index (κ3) is 4.21. The van der Waals surface area contributed by atoms with Crippen LogP contribution in [0.5, 0.6) is 0 Å². The van der Waals surface area contributed by atoms with Crippen LogP contribution in [0, 0.1) is 0 Å². The van der Waals surface area contributed by atoms with Crippen LogP contribution in [0.3, 0.4) is 0 Å². The molecule has 0 radical (unpaired) electrons. The number of amides is 2. The van der Waals surface area contributed by atoms with Gasteiger partial charge in [-0.25, -0.2) is 9.36 Å². The maximum atomic E-state index is 13.2. The lowest BCUT2D eigenvalue weighted by atomic mass is 10.1. The molecule has 0 bridgehead atoms. The molecule has 0 saturated carbocycles. The van der Waals surface area contributed by atoms with Crippen molar-refractivity contribution in [1.82, 2.24) is 30.4 Å². The summed E-state index contributed by atoms with van der Waals surface area (Å²) in [6.45, 7) is 2.10. The molecule has 0 aliphatic heterocycles. The molecule has 2 aromatic heterocycles. The number of rotatable bonds is 4. The van der Waals surface area contributed by atoms with Crippen LogP contribution < -0.4 is 16.4 Å². The van der Waals surface area contributed by atoms with Crippen molar-refractivity contribution in [3.05, 3.63) is 87.6 Å². The molecule has 0 spiro atoms. The van der Waals surface area contributed by atoms with E-state index in [4.69, 9.17) is 0 Å². The molecule has 5 rings (SSSR count). The number of aryl methyl sites for hydroxylation is 1. The smallest absolute Gasteiger partial charge is 0.267 e. The maximum absolute atomic E-state index is 13.2. The van der Waals surface area contributed by atoms with E-state index in [1.54, 1.807) is 31.2 Å². The predicted octanol–water partition coefficient (Wildman–Crippen LogP) is 2.95. The van der Waals surface area contributed by atoms with Gasteiger partial charge in [-0.1, -0.05) is 42.8 Å². The number of nitrogens with zero attached hydrogens (tertiary/aromatic N) is 4. The van der Waals surface area contributed by atoms with Gasteiger partial charge in [0, 0.05) is 23.2 Å². The fraction of sp³-hybridized carbons (Fsp3) is 0.269. The lowest BCUT2D eigenvalue weighted by Crippen LogP contribution is -2.43. The highest BCUT2D eigenvalue weighted by atomic mass is 16.2. The quantitative estimate of drug-likeness (QED) is 0.352. The molecule has 1 aliphatic carbocycles. The predicted molar refractivity (Wildman–Crippen MR) is 131 cm³/mol. The zero-order chi connectivity index (χ0) is 24.4. The second kappa shape index (κ2) is 9.54. The molecule has 0 saturated heterocycles. The Balaban J connectivity index is 1.44. The Morgan fingerprint density at radius 2 is 1.49 bits per heavy atom. The molecule has 0 atom stereocenters. The molecule has 35 heavy (non-hydrogen) atoms. The number of benzene rings is 2. The van der Waals surface area contributed by atoms with E-state index in [-0.39, 0.29) is 11.3 Å². The van der Waals surface area contributed by atoms with Crippen LogP contribution in [0.25, 0.3) is 16.5 Å². The molecule has 9 heteroatoms. The van der Waals surface area contributed by atoms with Crippen LogP contribution in [0.1, 0.15) is 58.4 Å². The van der Waals surface area contributed by atoms with Gasteiger partial charge in [0.2, 0.25) is 0 Å². The summed E-state index contributed by atoms with van der Waals surface area (Å²) >= 11 is 0. The Kier molecular flexibility index (Phi) is 6.13. The summed E-state index contributed by atoms with van der Waals surface area (Å²) < 4.78 is 3.07. The third-order valence-electron chi connectivity index (χ3n) is 6.32. The largest absolute Gasteiger partial charge is 0.290 e. The first-order valence-electron chi connectivity index (χ1n) is 11.8. The number of aromatic nitrogens is 4. The van der Waals surface area contributed by atoms with E-state index in [0.29, 0.717) is 23.0 Å². The summed E-state index contributed by atoms with van der Waals surface area (Å²) in [6, 6.07) is 16.5. The van der Waals surface area contributed by atoms with Crippen LogP contribution in [0.2, 0.25) is 0 Å². The standard InChI is InChI=1S/C26H26N6O3/c1-2-31-26(35)19-14-10-9-13-18(19)22(29-31)24(33)27-28-25(34)23-20-15-7-4-8-16-21(20)32(30-23)17-11-5-3-6-12-17/h3,5-6,9-14H,2,4,7-8,15-16H2,1H3,(H,27,33)(H,28,34). The van der Waals surface area contributed by atoms with Gasteiger partial charge in [0.05, 0.1) is 11.1 Å². The van der Waals surface area contributed by atoms with Gasteiger partial charge in [-0.15, -0.1) is 0 Å². The third-order valence-corrected chi connectivity index (χ3v) is 6.32. The van der Waals surface area contributed by atoms with Crippen molar-refractivity contribution >= 4 is 22.6 Å². The molecule has 0 fully saturated rings. The molecule has 0 unspecified atom stereocenters. The first-order valence-corrected chi connectivity index (χ1v) is 11.8. The Hall–Kier alpha value is -4.27.